The van der Waals surface area contributed by atoms with Gasteiger partial charge in [0.05, 0.1) is 10.6 Å². The van der Waals surface area contributed by atoms with Crippen LogP contribution >= 0.6 is 35.1 Å². The summed E-state index contributed by atoms with van der Waals surface area (Å²) in [5.41, 5.74) is 2.63. The Morgan fingerprint density at radius 1 is 0.853 bits per heavy atom. The maximum atomic E-state index is 13.1. The van der Waals surface area contributed by atoms with Crippen molar-refractivity contribution in [3.05, 3.63) is 116 Å². The molecule has 2 N–H and O–H groups in total. The lowest BCUT2D eigenvalue weighted by Crippen LogP contribution is -2.13. The Bertz CT molecular complexity index is 1580. The van der Waals surface area contributed by atoms with Gasteiger partial charge < -0.3 is 9.97 Å². The third-order valence-electron chi connectivity index (χ3n) is 5.11. The zero-order valence-corrected chi connectivity index (χ0v) is 20.1. The number of halogens is 1. The van der Waals surface area contributed by atoms with E-state index in [1.54, 1.807) is 11.8 Å². The summed E-state index contributed by atoms with van der Waals surface area (Å²) in [6.07, 6.45) is 0. The molecule has 0 atom stereocenters. The van der Waals surface area contributed by atoms with E-state index in [0.29, 0.717) is 26.5 Å². The number of pyridine rings is 1. The molecule has 0 unspecified atom stereocenters. The van der Waals surface area contributed by atoms with Gasteiger partial charge in [0, 0.05) is 38.2 Å². The van der Waals surface area contributed by atoms with Gasteiger partial charge in [-0.1, -0.05) is 60.1 Å². The van der Waals surface area contributed by atoms with Gasteiger partial charge in [-0.2, -0.15) is 0 Å². The standard InChI is InChI=1S/C26H18ClN3O2S2/c27-17-10-12-19(13-11-17)33-15-18-14-22(31)30-26(28-18)34-24-23(16-6-2-1-3-7-16)20-8-4-5-9-21(20)29-25(24)32/h1-14H,15H2,(H,29,32)(H,28,30,31). The molecule has 5 nitrogen and oxygen atoms in total. The van der Waals surface area contributed by atoms with E-state index in [1.165, 1.54) is 17.8 Å². The minimum atomic E-state index is -0.261. The van der Waals surface area contributed by atoms with E-state index in [0.717, 1.165) is 26.9 Å². The average molecular weight is 504 g/mol. The highest BCUT2D eigenvalue weighted by Crippen LogP contribution is 2.36. The second-order valence-corrected chi connectivity index (χ2v) is 9.94. The molecule has 168 valence electrons. The minimum Gasteiger partial charge on any atom is -0.321 e. The van der Waals surface area contributed by atoms with Crippen molar-refractivity contribution in [1.82, 2.24) is 15.0 Å². The SMILES string of the molecule is O=c1cc(CSc2ccc(Cl)cc2)nc(Sc2c(-c3ccccc3)c3ccccc3[nH]c2=O)[nH]1. The van der Waals surface area contributed by atoms with Crippen molar-refractivity contribution in [1.29, 1.82) is 0 Å². The zero-order chi connectivity index (χ0) is 23.5. The highest BCUT2D eigenvalue weighted by atomic mass is 35.5. The van der Waals surface area contributed by atoms with E-state index >= 15 is 0 Å². The second-order valence-electron chi connectivity index (χ2n) is 7.46. The molecule has 0 saturated heterocycles. The molecule has 0 spiro atoms. The monoisotopic (exact) mass is 503 g/mol. The molecular weight excluding hydrogens is 486 g/mol. The summed E-state index contributed by atoms with van der Waals surface area (Å²) in [5, 5.41) is 1.97. The Hall–Kier alpha value is -3.26. The summed E-state index contributed by atoms with van der Waals surface area (Å²) in [4.78, 5) is 37.4. The van der Waals surface area contributed by atoms with Crippen molar-refractivity contribution >= 4 is 46.0 Å². The van der Waals surface area contributed by atoms with Crippen LogP contribution < -0.4 is 11.1 Å². The molecule has 3 aromatic carbocycles. The number of aromatic nitrogens is 3. The molecule has 8 heteroatoms. The minimum absolute atomic E-state index is 0.230. The van der Waals surface area contributed by atoms with Gasteiger partial charge >= 0.3 is 0 Å². The fourth-order valence-corrected chi connectivity index (χ4v) is 5.50. The Morgan fingerprint density at radius 2 is 1.59 bits per heavy atom. The lowest BCUT2D eigenvalue weighted by atomic mass is 10.0. The Labute approximate surface area is 208 Å². The first kappa shape index (κ1) is 22.5. The summed E-state index contributed by atoms with van der Waals surface area (Å²) >= 11 is 8.68. The highest BCUT2D eigenvalue weighted by Gasteiger charge is 2.17. The summed E-state index contributed by atoms with van der Waals surface area (Å²) in [6.45, 7) is 0. The first-order valence-corrected chi connectivity index (χ1v) is 12.6. The normalized spacial score (nSPS) is 11.1. The summed E-state index contributed by atoms with van der Waals surface area (Å²) in [7, 11) is 0. The van der Waals surface area contributed by atoms with Crippen LogP contribution in [0, 0.1) is 0 Å². The predicted octanol–water partition coefficient (Wildman–Crippen LogP) is 6.38. The molecule has 0 saturated carbocycles. The van der Waals surface area contributed by atoms with Gasteiger partial charge in [0.2, 0.25) is 0 Å². The first-order valence-electron chi connectivity index (χ1n) is 10.4. The maximum Gasteiger partial charge on any atom is 0.263 e. The average Bonchev–Trinajstić information content (AvgIpc) is 2.84. The van der Waals surface area contributed by atoms with Crippen LogP contribution in [0.15, 0.2) is 109 Å². The molecule has 2 aromatic heterocycles. The molecule has 0 radical (unpaired) electrons. The van der Waals surface area contributed by atoms with Crippen LogP contribution in [0.25, 0.3) is 22.0 Å². The maximum absolute atomic E-state index is 13.1. The van der Waals surface area contributed by atoms with Gasteiger partial charge in [-0.3, -0.25) is 9.59 Å². The van der Waals surface area contributed by atoms with Gasteiger partial charge in [0.1, 0.15) is 0 Å². The number of para-hydroxylation sites is 1. The van der Waals surface area contributed by atoms with E-state index in [1.807, 2.05) is 78.9 Å². The molecule has 0 aliphatic rings. The largest absolute Gasteiger partial charge is 0.321 e. The fourth-order valence-electron chi connectivity index (χ4n) is 3.60. The van der Waals surface area contributed by atoms with Crippen molar-refractivity contribution < 1.29 is 0 Å². The molecule has 5 rings (SSSR count). The van der Waals surface area contributed by atoms with Gasteiger partial charge in [-0.15, -0.1) is 11.8 Å². The van der Waals surface area contributed by atoms with Crippen LogP contribution in [0.2, 0.25) is 5.02 Å². The van der Waals surface area contributed by atoms with Crippen LogP contribution in [-0.2, 0) is 5.75 Å². The van der Waals surface area contributed by atoms with Crippen LogP contribution in [0.4, 0.5) is 0 Å². The Balaban J connectivity index is 1.53. The van der Waals surface area contributed by atoms with Crippen LogP contribution in [0.1, 0.15) is 5.69 Å². The predicted molar refractivity (Wildman–Crippen MR) is 140 cm³/mol. The van der Waals surface area contributed by atoms with E-state index < -0.39 is 0 Å². The van der Waals surface area contributed by atoms with Gasteiger partial charge in [-0.25, -0.2) is 4.98 Å². The van der Waals surface area contributed by atoms with Crippen molar-refractivity contribution in [3.8, 4) is 11.1 Å². The van der Waals surface area contributed by atoms with E-state index in [2.05, 4.69) is 15.0 Å². The molecule has 0 amide bonds. The van der Waals surface area contributed by atoms with Crippen molar-refractivity contribution in [3.63, 3.8) is 0 Å². The number of nitrogens with one attached hydrogen (secondary N) is 2. The topological polar surface area (TPSA) is 78.6 Å². The number of benzene rings is 3. The molecule has 0 bridgehead atoms. The van der Waals surface area contributed by atoms with E-state index in [4.69, 9.17) is 11.6 Å². The van der Waals surface area contributed by atoms with Crippen LogP contribution in [0.3, 0.4) is 0 Å². The molecule has 34 heavy (non-hydrogen) atoms. The lowest BCUT2D eigenvalue weighted by molar-refractivity contribution is 0.899. The summed E-state index contributed by atoms with van der Waals surface area (Å²) < 4.78 is 0. The third-order valence-corrected chi connectivity index (χ3v) is 7.39. The molecule has 5 aromatic rings. The van der Waals surface area contributed by atoms with Crippen molar-refractivity contribution in [2.75, 3.05) is 0 Å². The van der Waals surface area contributed by atoms with E-state index in [-0.39, 0.29) is 11.1 Å². The number of aromatic amines is 2. The van der Waals surface area contributed by atoms with Gasteiger partial charge in [0.15, 0.2) is 5.16 Å². The zero-order valence-electron chi connectivity index (χ0n) is 17.7. The van der Waals surface area contributed by atoms with Crippen molar-refractivity contribution in [2.45, 2.75) is 20.7 Å². The fraction of sp³-hybridized carbons (Fsp3) is 0.0385. The van der Waals surface area contributed by atoms with E-state index in [9.17, 15) is 9.59 Å². The number of fused-ring (bicyclic) bond motifs is 1. The second kappa shape index (κ2) is 9.93. The molecule has 2 heterocycles. The number of thioether (sulfide) groups is 1. The smallest absolute Gasteiger partial charge is 0.263 e. The summed E-state index contributed by atoms with van der Waals surface area (Å²) in [5.74, 6) is 0.513. The highest BCUT2D eigenvalue weighted by molar-refractivity contribution is 7.99. The van der Waals surface area contributed by atoms with Crippen molar-refractivity contribution in [2.24, 2.45) is 0 Å². The van der Waals surface area contributed by atoms with Gasteiger partial charge in [-0.05, 0) is 47.7 Å². The van der Waals surface area contributed by atoms with Crippen LogP contribution in [0.5, 0.6) is 0 Å². The number of hydrogen-bond acceptors (Lipinski definition) is 5. The number of hydrogen-bond donors (Lipinski definition) is 2. The van der Waals surface area contributed by atoms with Crippen LogP contribution in [-0.4, -0.2) is 15.0 Å². The third kappa shape index (κ3) is 4.97. The quantitative estimate of drug-likeness (QED) is 0.208. The molecular formula is C26H18ClN3O2S2. The number of rotatable bonds is 6. The van der Waals surface area contributed by atoms with Gasteiger partial charge in [0.25, 0.3) is 11.1 Å². The molecule has 0 aliphatic heterocycles. The Morgan fingerprint density at radius 3 is 2.38 bits per heavy atom. The molecule has 0 fully saturated rings. The number of H-pyrrole nitrogens is 2. The number of nitrogens with zero attached hydrogens (tertiary/aromatic N) is 1. The Kier molecular flexibility index (Phi) is 6.58. The molecule has 0 aliphatic carbocycles. The first-order chi connectivity index (χ1) is 16.6. The lowest BCUT2D eigenvalue weighted by Gasteiger charge is -2.12. The summed E-state index contributed by atoms with van der Waals surface area (Å²) in [6, 6.07) is 26.4.